The molecule has 1 aromatic carbocycles. The lowest BCUT2D eigenvalue weighted by atomic mass is 10.1. The summed E-state index contributed by atoms with van der Waals surface area (Å²) in [6.45, 7) is 17.9. The van der Waals surface area contributed by atoms with Crippen LogP contribution in [0.25, 0.3) is 0 Å². The molecule has 0 spiro atoms. The number of carbonyl (C=O) groups excluding carboxylic acids is 2. The van der Waals surface area contributed by atoms with E-state index < -0.39 is 11.8 Å². The van der Waals surface area contributed by atoms with Crippen molar-refractivity contribution in [2.45, 2.75) is 55.4 Å². The van der Waals surface area contributed by atoms with Crippen molar-refractivity contribution in [1.82, 2.24) is 9.97 Å². The van der Waals surface area contributed by atoms with Gasteiger partial charge < -0.3 is 29.6 Å². The second-order valence-electron chi connectivity index (χ2n) is 12.3. The lowest BCUT2D eigenvalue weighted by Crippen LogP contribution is -2.20. The fraction of sp³-hybridized carbons (Fsp3) is 0.471. The number of ether oxygens (including phenoxy) is 4. The topological polar surface area (TPSA) is 121 Å². The van der Waals surface area contributed by atoms with Gasteiger partial charge in [-0.15, -0.1) is 0 Å². The highest BCUT2D eigenvalue weighted by molar-refractivity contribution is 6.12. The number of nitrogens with one attached hydrogen (secondary N) is 2. The number of nitrogens with zero attached hydrogens (tertiary/aromatic N) is 2. The van der Waals surface area contributed by atoms with E-state index in [0.29, 0.717) is 72.6 Å². The Bertz CT molecular complexity index is 1290. The zero-order valence-electron chi connectivity index (χ0n) is 27.1. The average molecular weight is 607 g/mol. The van der Waals surface area contributed by atoms with Crippen molar-refractivity contribution in [3.05, 3.63) is 60.2 Å². The normalized spacial score (nSPS) is 11.2. The van der Waals surface area contributed by atoms with E-state index in [4.69, 9.17) is 18.9 Å². The predicted octanol–water partition coefficient (Wildman–Crippen LogP) is 7.12. The molecule has 0 bridgehead atoms. The van der Waals surface area contributed by atoms with Crippen LogP contribution in [0.1, 0.15) is 76.1 Å². The van der Waals surface area contributed by atoms with Crippen molar-refractivity contribution in [3.8, 4) is 23.0 Å². The van der Waals surface area contributed by atoms with Gasteiger partial charge in [-0.05, 0) is 29.7 Å². The molecule has 2 N–H and O–H groups in total. The summed E-state index contributed by atoms with van der Waals surface area (Å²) in [5, 5.41) is 5.78. The highest BCUT2D eigenvalue weighted by atomic mass is 16.5. The summed E-state index contributed by atoms with van der Waals surface area (Å²) in [6, 6.07) is 6.49. The van der Waals surface area contributed by atoms with Gasteiger partial charge in [-0.3, -0.25) is 19.6 Å². The smallest absolute Gasteiger partial charge is 0.259 e. The molecule has 0 fully saturated rings. The van der Waals surface area contributed by atoms with Crippen LogP contribution >= 0.6 is 0 Å². The maximum absolute atomic E-state index is 13.8. The first kappa shape index (κ1) is 34.2. The first-order chi connectivity index (χ1) is 20.9. The minimum Gasteiger partial charge on any atom is -0.492 e. The third-order valence-electron chi connectivity index (χ3n) is 5.92. The Kier molecular flexibility index (Phi) is 12.8. The molecule has 0 aliphatic carbocycles. The zero-order chi connectivity index (χ0) is 32.2. The van der Waals surface area contributed by atoms with Crippen molar-refractivity contribution in [2.75, 3.05) is 37.1 Å². The summed E-state index contributed by atoms with van der Waals surface area (Å²) < 4.78 is 24.0. The Morgan fingerprint density at radius 2 is 0.909 bits per heavy atom. The Labute approximate surface area is 260 Å². The number of benzene rings is 1. The largest absolute Gasteiger partial charge is 0.492 e. The van der Waals surface area contributed by atoms with Gasteiger partial charge in [-0.25, -0.2) is 0 Å². The second kappa shape index (κ2) is 16.5. The van der Waals surface area contributed by atoms with E-state index >= 15 is 0 Å². The summed E-state index contributed by atoms with van der Waals surface area (Å²) in [7, 11) is 0. The SMILES string of the molecule is CC(C)COc1ccncc1NC(=O)c1cc(C(=O)Nc2cnccc2OCC(C)C)c(OCC(C)C)cc1OCC(C)C. The number of amides is 2. The van der Waals surface area contributed by atoms with E-state index in [1.54, 1.807) is 30.6 Å². The summed E-state index contributed by atoms with van der Waals surface area (Å²) in [5.41, 5.74) is 1.13. The number of rotatable bonds is 16. The van der Waals surface area contributed by atoms with Gasteiger partial charge in [-0.2, -0.15) is 0 Å². The molecule has 0 radical (unpaired) electrons. The van der Waals surface area contributed by atoms with E-state index in [1.165, 1.54) is 18.5 Å². The van der Waals surface area contributed by atoms with Gasteiger partial charge in [-0.1, -0.05) is 55.4 Å². The van der Waals surface area contributed by atoms with Crippen LogP contribution in [0.4, 0.5) is 11.4 Å². The fourth-order valence-corrected chi connectivity index (χ4v) is 3.76. The van der Waals surface area contributed by atoms with Crippen molar-refractivity contribution in [1.29, 1.82) is 0 Å². The standard InChI is InChI=1S/C34H46N4O6/c1-21(2)17-41-29-9-11-35-15-27(29)37-33(39)25-13-26(32(44-20-24(7)8)14-31(25)43-19-23(5)6)34(40)38-28-16-36-12-10-30(28)42-18-22(3)4/h9-16,21-24H,17-20H2,1-8H3,(H,37,39)(H,38,40). The molecule has 0 aliphatic heterocycles. The van der Waals surface area contributed by atoms with Gasteiger partial charge in [0.1, 0.15) is 34.4 Å². The van der Waals surface area contributed by atoms with Crippen LogP contribution in [0.2, 0.25) is 0 Å². The molecule has 10 nitrogen and oxygen atoms in total. The van der Waals surface area contributed by atoms with Gasteiger partial charge in [0, 0.05) is 30.6 Å². The number of anilines is 2. The summed E-state index contributed by atoms with van der Waals surface area (Å²) in [5.74, 6) is 1.56. The van der Waals surface area contributed by atoms with E-state index in [2.05, 4.69) is 20.6 Å². The fourth-order valence-electron chi connectivity index (χ4n) is 3.76. The molecular weight excluding hydrogens is 560 g/mol. The maximum Gasteiger partial charge on any atom is 0.259 e. The Morgan fingerprint density at radius 3 is 1.25 bits per heavy atom. The Hall–Kier alpha value is -4.34. The minimum atomic E-state index is -0.488. The second-order valence-corrected chi connectivity index (χ2v) is 12.3. The molecule has 44 heavy (non-hydrogen) atoms. The number of aromatic nitrogens is 2. The van der Waals surface area contributed by atoms with Crippen molar-refractivity contribution < 1.29 is 28.5 Å². The van der Waals surface area contributed by atoms with Crippen LogP contribution < -0.4 is 29.6 Å². The van der Waals surface area contributed by atoms with Crippen LogP contribution in [0.15, 0.2) is 49.1 Å². The molecule has 0 unspecified atom stereocenters. The molecule has 10 heteroatoms. The van der Waals surface area contributed by atoms with E-state index in [1.807, 2.05) is 55.4 Å². The van der Waals surface area contributed by atoms with Crippen molar-refractivity contribution >= 4 is 23.2 Å². The summed E-state index contributed by atoms with van der Waals surface area (Å²) in [6.07, 6.45) is 6.25. The molecule has 2 aromatic heterocycles. The van der Waals surface area contributed by atoms with E-state index in [-0.39, 0.29) is 23.0 Å². The molecule has 2 amide bonds. The number of pyridine rings is 2. The highest BCUT2D eigenvalue weighted by Crippen LogP contribution is 2.34. The van der Waals surface area contributed by atoms with Crippen molar-refractivity contribution in [3.63, 3.8) is 0 Å². The average Bonchev–Trinajstić information content (AvgIpc) is 2.97. The van der Waals surface area contributed by atoms with Gasteiger partial charge in [0.2, 0.25) is 0 Å². The lowest BCUT2D eigenvalue weighted by molar-refractivity contribution is 0.102. The predicted molar refractivity (Wildman–Crippen MR) is 172 cm³/mol. The van der Waals surface area contributed by atoms with Crippen LogP contribution in [0.5, 0.6) is 23.0 Å². The monoisotopic (exact) mass is 606 g/mol. The molecule has 3 rings (SSSR count). The molecule has 0 saturated heterocycles. The number of hydrogen-bond acceptors (Lipinski definition) is 8. The summed E-state index contributed by atoms with van der Waals surface area (Å²) >= 11 is 0. The van der Waals surface area contributed by atoms with E-state index in [0.717, 1.165) is 0 Å². The molecule has 3 aromatic rings. The third-order valence-corrected chi connectivity index (χ3v) is 5.92. The minimum absolute atomic E-state index is 0.161. The number of carbonyl (C=O) groups is 2. The zero-order valence-corrected chi connectivity index (χ0v) is 27.1. The molecule has 0 atom stereocenters. The first-order valence-electron chi connectivity index (χ1n) is 15.1. The third kappa shape index (κ3) is 10.4. The van der Waals surface area contributed by atoms with Gasteiger partial charge >= 0.3 is 0 Å². The van der Waals surface area contributed by atoms with Crippen molar-refractivity contribution in [2.24, 2.45) is 23.7 Å². The summed E-state index contributed by atoms with van der Waals surface area (Å²) in [4.78, 5) is 35.9. The molecule has 0 aliphatic rings. The highest BCUT2D eigenvalue weighted by Gasteiger charge is 2.24. The number of hydrogen-bond donors (Lipinski definition) is 2. The Morgan fingerprint density at radius 1 is 0.568 bits per heavy atom. The van der Waals surface area contributed by atoms with Gasteiger partial charge in [0.05, 0.1) is 49.9 Å². The van der Waals surface area contributed by atoms with Crippen LogP contribution in [-0.4, -0.2) is 48.2 Å². The molecular formula is C34H46N4O6. The molecule has 238 valence electrons. The lowest BCUT2D eigenvalue weighted by Gasteiger charge is -2.20. The van der Waals surface area contributed by atoms with Crippen LogP contribution in [-0.2, 0) is 0 Å². The first-order valence-corrected chi connectivity index (χ1v) is 15.1. The molecule has 2 heterocycles. The molecule has 0 saturated carbocycles. The maximum atomic E-state index is 13.8. The Balaban J connectivity index is 2.04. The van der Waals surface area contributed by atoms with Crippen LogP contribution in [0.3, 0.4) is 0 Å². The van der Waals surface area contributed by atoms with E-state index in [9.17, 15) is 9.59 Å². The van der Waals surface area contributed by atoms with Gasteiger partial charge in [0.15, 0.2) is 0 Å². The van der Waals surface area contributed by atoms with Gasteiger partial charge in [0.25, 0.3) is 11.8 Å². The van der Waals surface area contributed by atoms with Crippen LogP contribution in [0, 0.1) is 23.7 Å². The quantitative estimate of drug-likeness (QED) is 0.177.